The average molecular weight is 272 g/mol. The molecule has 2 saturated heterocycles. The number of epoxide rings is 2. The number of hydrogen-bond acceptors (Lipinski definition) is 4. The van der Waals surface area contributed by atoms with Gasteiger partial charge in [0, 0.05) is 11.5 Å². The minimum atomic E-state index is 0.248. The van der Waals surface area contributed by atoms with E-state index in [1.54, 1.807) is 0 Å². The quantitative estimate of drug-likeness (QED) is 0.757. The Balaban J connectivity index is 1.61. The molecular weight excluding hydrogens is 256 g/mol. The highest BCUT2D eigenvalue weighted by Gasteiger charge is 2.24. The molecule has 0 amide bonds. The van der Waals surface area contributed by atoms with Crippen molar-refractivity contribution in [2.24, 2.45) is 0 Å². The second-order valence-electron chi connectivity index (χ2n) is 5.18. The van der Waals surface area contributed by atoms with Gasteiger partial charge in [-0.05, 0) is 11.5 Å². The lowest BCUT2D eigenvalue weighted by molar-refractivity contribution is 0.254. The Morgan fingerprint density at radius 3 is 2.40 bits per heavy atom. The van der Waals surface area contributed by atoms with Gasteiger partial charge in [0.2, 0.25) is 0 Å². The molecule has 20 heavy (non-hydrogen) atoms. The van der Waals surface area contributed by atoms with E-state index in [1.165, 1.54) is 0 Å². The van der Waals surface area contributed by atoms with E-state index in [0.29, 0.717) is 13.2 Å². The van der Waals surface area contributed by atoms with Crippen LogP contribution in [-0.2, 0) is 9.47 Å². The second-order valence-corrected chi connectivity index (χ2v) is 5.18. The summed E-state index contributed by atoms with van der Waals surface area (Å²) in [7, 11) is 0. The Morgan fingerprint density at radius 1 is 0.950 bits per heavy atom. The first-order valence-corrected chi connectivity index (χ1v) is 6.90. The van der Waals surface area contributed by atoms with E-state index in [2.05, 4.69) is 12.1 Å². The van der Waals surface area contributed by atoms with Crippen molar-refractivity contribution in [3.05, 3.63) is 36.4 Å². The zero-order valence-corrected chi connectivity index (χ0v) is 11.1. The fourth-order valence-corrected chi connectivity index (χ4v) is 2.15. The monoisotopic (exact) mass is 272 g/mol. The maximum absolute atomic E-state index is 5.87. The minimum Gasteiger partial charge on any atom is -0.491 e. The third-order valence-corrected chi connectivity index (χ3v) is 3.46. The summed E-state index contributed by atoms with van der Waals surface area (Å²) < 4.78 is 22.0. The third kappa shape index (κ3) is 2.71. The van der Waals surface area contributed by atoms with Crippen molar-refractivity contribution in [3.8, 4) is 11.5 Å². The van der Waals surface area contributed by atoms with Crippen LogP contribution >= 0.6 is 0 Å². The topological polar surface area (TPSA) is 43.5 Å². The molecule has 0 saturated carbocycles. The van der Waals surface area contributed by atoms with E-state index in [0.717, 1.165) is 35.5 Å². The van der Waals surface area contributed by atoms with Crippen molar-refractivity contribution < 1.29 is 18.9 Å². The van der Waals surface area contributed by atoms with Crippen LogP contribution in [0.25, 0.3) is 10.8 Å². The molecule has 2 atom stereocenters. The van der Waals surface area contributed by atoms with Gasteiger partial charge in [0.15, 0.2) is 0 Å². The lowest BCUT2D eigenvalue weighted by atomic mass is 10.1. The highest BCUT2D eigenvalue weighted by atomic mass is 16.6. The van der Waals surface area contributed by atoms with Gasteiger partial charge in [0.05, 0.1) is 13.2 Å². The molecule has 4 nitrogen and oxygen atoms in total. The lowest BCUT2D eigenvalue weighted by Gasteiger charge is -2.12. The maximum atomic E-state index is 5.87. The standard InChI is InChI=1S/C16H16O4/c1-2-4-15-11(3-1)5-12(17-7-13-8-18-13)6-16(15)20-10-14-9-19-14/h1-6,13-14H,7-10H2. The molecule has 0 N–H and O–H groups in total. The van der Waals surface area contributed by atoms with E-state index in [1.807, 2.05) is 24.3 Å². The first-order valence-electron chi connectivity index (χ1n) is 6.90. The van der Waals surface area contributed by atoms with Crippen LogP contribution in [0.4, 0.5) is 0 Å². The van der Waals surface area contributed by atoms with Crippen molar-refractivity contribution in [1.82, 2.24) is 0 Å². The molecule has 2 unspecified atom stereocenters. The fourth-order valence-electron chi connectivity index (χ4n) is 2.15. The number of rotatable bonds is 6. The molecule has 4 heteroatoms. The highest BCUT2D eigenvalue weighted by Crippen LogP contribution is 2.32. The van der Waals surface area contributed by atoms with Gasteiger partial charge in [0.1, 0.15) is 36.9 Å². The van der Waals surface area contributed by atoms with E-state index in [-0.39, 0.29) is 12.2 Å². The molecule has 2 fully saturated rings. The zero-order chi connectivity index (χ0) is 13.4. The third-order valence-electron chi connectivity index (χ3n) is 3.46. The maximum Gasteiger partial charge on any atom is 0.130 e. The van der Waals surface area contributed by atoms with Gasteiger partial charge in [-0.2, -0.15) is 0 Å². The van der Waals surface area contributed by atoms with Crippen LogP contribution in [0.3, 0.4) is 0 Å². The van der Waals surface area contributed by atoms with Gasteiger partial charge in [-0.1, -0.05) is 24.3 Å². The van der Waals surface area contributed by atoms with Gasteiger partial charge in [-0.3, -0.25) is 0 Å². The number of hydrogen-bond donors (Lipinski definition) is 0. The van der Waals surface area contributed by atoms with Gasteiger partial charge < -0.3 is 18.9 Å². The molecular formula is C16H16O4. The van der Waals surface area contributed by atoms with Crippen molar-refractivity contribution >= 4 is 10.8 Å². The first kappa shape index (κ1) is 12.0. The summed E-state index contributed by atoms with van der Waals surface area (Å²) >= 11 is 0. The van der Waals surface area contributed by atoms with E-state index >= 15 is 0 Å². The number of fused-ring (bicyclic) bond motifs is 1. The first-order chi connectivity index (χ1) is 9.88. The van der Waals surface area contributed by atoms with Gasteiger partial charge in [-0.15, -0.1) is 0 Å². The van der Waals surface area contributed by atoms with Crippen LogP contribution in [0.5, 0.6) is 11.5 Å². The molecule has 0 bridgehead atoms. The second kappa shape index (κ2) is 4.96. The SMILES string of the molecule is c1ccc2c(OCC3CO3)cc(OCC3CO3)cc2c1. The summed E-state index contributed by atoms with van der Waals surface area (Å²) in [6, 6.07) is 12.2. The molecule has 0 radical (unpaired) electrons. The van der Waals surface area contributed by atoms with E-state index < -0.39 is 0 Å². The van der Waals surface area contributed by atoms with E-state index in [4.69, 9.17) is 18.9 Å². The van der Waals surface area contributed by atoms with Crippen molar-refractivity contribution in [2.45, 2.75) is 12.2 Å². The predicted octanol–water partition coefficient (Wildman–Crippen LogP) is 2.40. The Hall–Kier alpha value is -1.78. The zero-order valence-electron chi connectivity index (χ0n) is 11.1. The van der Waals surface area contributed by atoms with Crippen LogP contribution in [0.2, 0.25) is 0 Å². The number of benzene rings is 2. The molecule has 0 aliphatic carbocycles. The molecule has 0 spiro atoms. The van der Waals surface area contributed by atoms with Crippen LogP contribution in [0.1, 0.15) is 0 Å². The normalized spacial score (nSPS) is 23.6. The Bertz CT molecular complexity index is 617. The molecule has 2 aromatic rings. The minimum absolute atomic E-state index is 0.248. The Labute approximate surface area is 117 Å². The van der Waals surface area contributed by atoms with Crippen molar-refractivity contribution in [2.75, 3.05) is 26.4 Å². The Morgan fingerprint density at radius 2 is 1.65 bits per heavy atom. The summed E-state index contributed by atoms with van der Waals surface area (Å²) in [5, 5.41) is 2.22. The van der Waals surface area contributed by atoms with Gasteiger partial charge >= 0.3 is 0 Å². The molecule has 0 aromatic heterocycles. The molecule has 104 valence electrons. The summed E-state index contributed by atoms with van der Waals surface area (Å²) in [6.45, 7) is 2.80. The fraction of sp³-hybridized carbons (Fsp3) is 0.375. The molecule has 2 aliphatic heterocycles. The van der Waals surface area contributed by atoms with Crippen molar-refractivity contribution in [1.29, 1.82) is 0 Å². The summed E-state index contributed by atoms with van der Waals surface area (Å²) in [4.78, 5) is 0. The van der Waals surface area contributed by atoms with Crippen LogP contribution in [0.15, 0.2) is 36.4 Å². The van der Waals surface area contributed by atoms with Crippen LogP contribution in [-0.4, -0.2) is 38.6 Å². The molecule has 2 aliphatic rings. The van der Waals surface area contributed by atoms with Gasteiger partial charge in [-0.25, -0.2) is 0 Å². The Kier molecular flexibility index (Phi) is 2.98. The molecule has 2 aromatic carbocycles. The van der Waals surface area contributed by atoms with Crippen LogP contribution < -0.4 is 9.47 Å². The highest BCUT2D eigenvalue weighted by molar-refractivity contribution is 5.89. The number of ether oxygens (including phenoxy) is 4. The van der Waals surface area contributed by atoms with Crippen molar-refractivity contribution in [3.63, 3.8) is 0 Å². The van der Waals surface area contributed by atoms with Gasteiger partial charge in [0.25, 0.3) is 0 Å². The summed E-state index contributed by atoms with van der Waals surface area (Å²) in [5.74, 6) is 1.68. The predicted molar refractivity (Wildman–Crippen MR) is 74.4 cm³/mol. The lowest BCUT2D eigenvalue weighted by Crippen LogP contribution is -2.06. The summed E-state index contributed by atoms with van der Waals surface area (Å²) in [5.41, 5.74) is 0. The van der Waals surface area contributed by atoms with E-state index in [9.17, 15) is 0 Å². The molecule has 4 rings (SSSR count). The largest absolute Gasteiger partial charge is 0.491 e. The summed E-state index contributed by atoms with van der Waals surface area (Å²) in [6.07, 6.45) is 0.504. The average Bonchev–Trinajstić information content (AvgIpc) is 3.37. The molecule has 2 heterocycles. The smallest absolute Gasteiger partial charge is 0.130 e. The van der Waals surface area contributed by atoms with Crippen LogP contribution in [0, 0.1) is 0 Å².